The molecular formula is C22H25F2N5O2. The predicted molar refractivity (Wildman–Crippen MR) is 115 cm³/mol. The van der Waals surface area contributed by atoms with E-state index in [4.69, 9.17) is 9.47 Å². The van der Waals surface area contributed by atoms with Crippen LogP contribution in [0.4, 0.5) is 8.78 Å². The van der Waals surface area contributed by atoms with Gasteiger partial charge in [0.2, 0.25) is 0 Å². The average molecular weight is 429 g/mol. The van der Waals surface area contributed by atoms with Crippen LogP contribution < -0.4 is 20.1 Å². The van der Waals surface area contributed by atoms with E-state index < -0.39 is 6.61 Å². The molecule has 0 aliphatic heterocycles. The van der Waals surface area contributed by atoms with Crippen LogP contribution in [0.1, 0.15) is 18.1 Å². The minimum absolute atomic E-state index is 0.0198. The summed E-state index contributed by atoms with van der Waals surface area (Å²) in [5.41, 5.74) is 2.51. The molecular weight excluding hydrogens is 404 g/mol. The maximum Gasteiger partial charge on any atom is 0.387 e. The van der Waals surface area contributed by atoms with E-state index >= 15 is 0 Å². The van der Waals surface area contributed by atoms with E-state index in [2.05, 4.69) is 20.7 Å². The fourth-order valence-electron chi connectivity index (χ4n) is 3.07. The van der Waals surface area contributed by atoms with Gasteiger partial charge in [0, 0.05) is 38.1 Å². The summed E-state index contributed by atoms with van der Waals surface area (Å²) in [6.07, 6.45) is 3.60. The molecule has 0 spiro atoms. The van der Waals surface area contributed by atoms with Crippen LogP contribution in [0.15, 0.2) is 65.9 Å². The van der Waals surface area contributed by atoms with Crippen molar-refractivity contribution < 1.29 is 18.3 Å². The second-order valence-corrected chi connectivity index (χ2v) is 6.41. The number of hydrogen-bond acceptors (Lipinski definition) is 4. The van der Waals surface area contributed by atoms with Crippen molar-refractivity contribution in [3.8, 4) is 17.2 Å². The van der Waals surface area contributed by atoms with Crippen molar-refractivity contribution in [2.45, 2.75) is 26.6 Å². The van der Waals surface area contributed by atoms with Crippen LogP contribution in [0.2, 0.25) is 0 Å². The van der Waals surface area contributed by atoms with Gasteiger partial charge in [-0.15, -0.1) is 0 Å². The average Bonchev–Trinajstić information content (AvgIpc) is 3.30. The largest absolute Gasteiger partial charge is 0.490 e. The maximum atomic E-state index is 12.9. The van der Waals surface area contributed by atoms with Gasteiger partial charge in [-0.3, -0.25) is 4.99 Å². The topological polar surface area (TPSA) is 72.7 Å². The third-order valence-corrected chi connectivity index (χ3v) is 4.43. The lowest BCUT2D eigenvalue weighted by atomic mass is 10.1. The normalized spacial score (nSPS) is 11.5. The molecule has 0 saturated carbocycles. The van der Waals surface area contributed by atoms with Gasteiger partial charge >= 0.3 is 6.61 Å². The van der Waals surface area contributed by atoms with E-state index in [1.165, 1.54) is 0 Å². The van der Waals surface area contributed by atoms with E-state index in [0.717, 1.165) is 11.3 Å². The molecule has 0 bridgehead atoms. The molecule has 0 fully saturated rings. The minimum Gasteiger partial charge on any atom is -0.490 e. The molecule has 3 aromatic rings. The van der Waals surface area contributed by atoms with Gasteiger partial charge in [0.1, 0.15) is 0 Å². The highest BCUT2D eigenvalue weighted by molar-refractivity contribution is 5.79. The van der Waals surface area contributed by atoms with Gasteiger partial charge in [-0.2, -0.15) is 13.9 Å². The lowest BCUT2D eigenvalue weighted by Gasteiger charge is -2.17. The molecule has 164 valence electrons. The van der Waals surface area contributed by atoms with Crippen molar-refractivity contribution in [1.82, 2.24) is 20.4 Å². The summed E-state index contributed by atoms with van der Waals surface area (Å²) >= 11 is 0. The summed E-state index contributed by atoms with van der Waals surface area (Å²) in [7, 11) is 1.64. The molecule has 2 aromatic carbocycles. The first-order chi connectivity index (χ1) is 15.1. The Morgan fingerprint density at radius 3 is 2.48 bits per heavy atom. The second-order valence-electron chi connectivity index (χ2n) is 6.41. The highest BCUT2D eigenvalue weighted by Gasteiger charge is 2.16. The van der Waals surface area contributed by atoms with Crippen LogP contribution in [0.5, 0.6) is 11.5 Å². The van der Waals surface area contributed by atoms with E-state index in [1.54, 1.807) is 43.0 Å². The Labute approximate surface area is 179 Å². The lowest BCUT2D eigenvalue weighted by molar-refractivity contribution is -0.0520. The summed E-state index contributed by atoms with van der Waals surface area (Å²) in [6.45, 7) is -0.103. The molecule has 7 nitrogen and oxygen atoms in total. The molecule has 0 unspecified atom stereocenters. The number of hydrogen-bond donors (Lipinski definition) is 2. The van der Waals surface area contributed by atoms with Crippen LogP contribution in [0, 0.1) is 0 Å². The third kappa shape index (κ3) is 5.94. The van der Waals surface area contributed by atoms with Crippen molar-refractivity contribution >= 4 is 5.96 Å². The Balaban J connectivity index is 1.68. The number of guanidine groups is 1. The third-order valence-electron chi connectivity index (χ3n) is 4.43. The monoisotopic (exact) mass is 429 g/mol. The maximum absolute atomic E-state index is 12.9. The van der Waals surface area contributed by atoms with E-state index in [1.807, 2.05) is 36.5 Å². The van der Waals surface area contributed by atoms with Crippen molar-refractivity contribution in [2.75, 3.05) is 13.7 Å². The molecule has 0 aliphatic rings. The first kappa shape index (κ1) is 22.1. The SMILES string of the molecule is CCOc1cccc(CNC(=NC)NCc2ccccc2-n2cccn2)c1OC(F)F. The Morgan fingerprint density at radius 1 is 1.06 bits per heavy atom. The molecule has 0 radical (unpaired) electrons. The Kier molecular flexibility index (Phi) is 7.80. The number of rotatable bonds is 9. The summed E-state index contributed by atoms with van der Waals surface area (Å²) in [5.74, 6) is 0.810. The number of alkyl halides is 2. The first-order valence-corrected chi connectivity index (χ1v) is 9.84. The smallest absolute Gasteiger partial charge is 0.387 e. The standard InChI is InChI=1S/C22H25F2N5O2/c1-3-30-19-11-6-9-17(20(19)31-21(23)24)15-27-22(25-2)26-14-16-8-4-5-10-18(16)29-13-7-12-28-29/h4-13,21H,3,14-15H2,1-2H3,(H2,25,26,27). The Hall–Kier alpha value is -3.62. The zero-order valence-corrected chi connectivity index (χ0v) is 17.4. The van der Waals surface area contributed by atoms with Crippen LogP contribution >= 0.6 is 0 Å². The van der Waals surface area contributed by atoms with Gasteiger partial charge in [0.15, 0.2) is 17.5 Å². The molecule has 0 saturated heterocycles. The zero-order chi connectivity index (χ0) is 22.1. The van der Waals surface area contributed by atoms with Gasteiger partial charge in [-0.1, -0.05) is 30.3 Å². The number of aliphatic imine (C=N–C) groups is 1. The fraction of sp³-hybridized carbons (Fsp3) is 0.273. The fourth-order valence-corrected chi connectivity index (χ4v) is 3.07. The van der Waals surface area contributed by atoms with E-state index in [0.29, 0.717) is 24.7 Å². The highest BCUT2D eigenvalue weighted by Crippen LogP contribution is 2.32. The molecule has 0 atom stereocenters. The molecule has 0 aliphatic carbocycles. The molecule has 2 N–H and O–H groups in total. The second kappa shape index (κ2) is 11.0. The quantitative estimate of drug-likeness (QED) is 0.401. The molecule has 1 aromatic heterocycles. The van der Waals surface area contributed by atoms with Crippen molar-refractivity contribution in [3.63, 3.8) is 0 Å². The minimum atomic E-state index is -2.95. The number of ether oxygens (including phenoxy) is 2. The number of para-hydroxylation sites is 2. The van der Waals surface area contributed by atoms with Gasteiger partial charge < -0.3 is 20.1 Å². The van der Waals surface area contributed by atoms with Crippen molar-refractivity contribution in [3.05, 3.63) is 72.1 Å². The van der Waals surface area contributed by atoms with E-state index in [9.17, 15) is 8.78 Å². The summed E-state index contributed by atoms with van der Waals surface area (Å²) in [6, 6.07) is 14.8. The van der Waals surface area contributed by atoms with Crippen LogP contribution in [-0.2, 0) is 13.1 Å². The van der Waals surface area contributed by atoms with Crippen molar-refractivity contribution in [1.29, 1.82) is 0 Å². The van der Waals surface area contributed by atoms with Crippen LogP contribution in [-0.4, -0.2) is 36.0 Å². The van der Waals surface area contributed by atoms with Crippen LogP contribution in [0.25, 0.3) is 5.69 Å². The molecule has 1 heterocycles. The zero-order valence-electron chi connectivity index (χ0n) is 17.4. The van der Waals surface area contributed by atoms with Gasteiger partial charge in [0.05, 0.1) is 12.3 Å². The number of nitrogens with zero attached hydrogens (tertiary/aromatic N) is 3. The van der Waals surface area contributed by atoms with Crippen LogP contribution in [0.3, 0.4) is 0 Å². The molecule has 0 amide bonds. The molecule has 3 rings (SSSR count). The Morgan fingerprint density at radius 2 is 1.81 bits per heavy atom. The number of aromatic nitrogens is 2. The number of benzene rings is 2. The first-order valence-electron chi connectivity index (χ1n) is 9.84. The Bertz CT molecular complexity index is 993. The molecule has 31 heavy (non-hydrogen) atoms. The highest BCUT2D eigenvalue weighted by atomic mass is 19.3. The summed E-state index contributed by atoms with van der Waals surface area (Å²) in [5, 5.41) is 10.6. The van der Waals surface area contributed by atoms with Gasteiger partial charge in [-0.05, 0) is 30.7 Å². The predicted octanol–water partition coefficient (Wildman–Crippen LogP) is 3.74. The summed E-state index contributed by atoms with van der Waals surface area (Å²) in [4.78, 5) is 4.21. The lowest BCUT2D eigenvalue weighted by Crippen LogP contribution is -2.36. The molecule has 9 heteroatoms. The number of nitrogens with one attached hydrogen (secondary N) is 2. The van der Waals surface area contributed by atoms with Crippen molar-refractivity contribution in [2.24, 2.45) is 4.99 Å². The van der Waals surface area contributed by atoms with Gasteiger partial charge in [0.25, 0.3) is 0 Å². The van der Waals surface area contributed by atoms with Gasteiger partial charge in [-0.25, -0.2) is 4.68 Å². The number of halogens is 2. The van der Waals surface area contributed by atoms with E-state index in [-0.39, 0.29) is 18.0 Å². The summed E-state index contributed by atoms with van der Waals surface area (Å²) < 4.78 is 37.7.